The Balaban J connectivity index is 1.55. The third-order valence-electron chi connectivity index (χ3n) is 4.84. The van der Waals surface area contributed by atoms with E-state index in [1.165, 1.54) is 0 Å². The van der Waals surface area contributed by atoms with Crippen LogP contribution in [0.5, 0.6) is 0 Å². The Morgan fingerprint density at radius 3 is 2.67 bits per heavy atom. The summed E-state index contributed by atoms with van der Waals surface area (Å²) in [7, 11) is 0. The van der Waals surface area contributed by atoms with E-state index in [4.69, 9.17) is 20.6 Å². The highest BCUT2D eigenvalue weighted by atomic mass is 35.5. The first-order valence-corrected chi connectivity index (χ1v) is 9.41. The predicted molar refractivity (Wildman–Crippen MR) is 101 cm³/mol. The first-order chi connectivity index (χ1) is 13.0. The van der Waals surface area contributed by atoms with Gasteiger partial charge in [-0.3, -0.25) is 4.79 Å². The molecule has 1 aliphatic rings. The molecular weight excluding hydrogens is 366 g/mol. The average molecular weight is 386 g/mol. The number of aromatic nitrogens is 2. The summed E-state index contributed by atoms with van der Waals surface area (Å²) in [5.41, 5.74) is 2.01. The molecule has 1 aliphatic heterocycles. The fourth-order valence-corrected chi connectivity index (χ4v) is 3.44. The van der Waals surface area contributed by atoms with Gasteiger partial charge in [-0.1, -0.05) is 35.8 Å². The number of carbonyl (C=O) groups excluding carboxylic acids is 1. The summed E-state index contributed by atoms with van der Waals surface area (Å²) in [6.07, 6.45) is 1.76. The second kappa shape index (κ2) is 7.19. The fraction of sp³-hybridized carbons (Fsp3) is 0.350. The molecular formula is C20H20ClN3O3. The number of halogens is 1. The van der Waals surface area contributed by atoms with Gasteiger partial charge in [-0.15, -0.1) is 0 Å². The number of carbonyl (C=O) groups is 1. The maximum atomic E-state index is 13.0. The van der Waals surface area contributed by atoms with Gasteiger partial charge < -0.3 is 13.9 Å². The molecule has 0 radical (unpaired) electrons. The van der Waals surface area contributed by atoms with Gasteiger partial charge in [0.1, 0.15) is 0 Å². The minimum atomic E-state index is -0.163. The van der Waals surface area contributed by atoms with Gasteiger partial charge in [-0.25, -0.2) is 0 Å². The normalized spacial score (nSPS) is 17.0. The van der Waals surface area contributed by atoms with Crippen LogP contribution in [0.1, 0.15) is 60.6 Å². The van der Waals surface area contributed by atoms with Crippen LogP contribution in [0, 0.1) is 0 Å². The summed E-state index contributed by atoms with van der Waals surface area (Å²) >= 11 is 5.92. The summed E-state index contributed by atoms with van der Waals surface area (Å²) in [4.78, 5) is 14.8. The minimum Gasteiger partial charge on any atom is -0.359 e. The van der Waals surface area contributed by atoms with E-state index in [9.17, 15) is 4.79 Å². The molecule has 1 aromatic carbocycles. The number of rotatable bonds is 4. The highest BCUT2D eigenvalue weighted by molar-refractivity contribution is 6.30. The molecule has 2 aromatic heterocycles. The number of benzene rings is 1. The molecule has 6 nitrogen and oxygen atoms in total. The van der Waals surface area contributed by atoms with E-state index in [-0.39, 0.29) is 23.6 Å². The van der Waals surface area contributed by atoms with Crippen molar-refractivity contribution in [2.24, 2.45) is 0 Å². The maximum Gasteiger partial charge on any atom is 0.276 e. The first-order valence-electron chi connectivity index (χ1n) is 9.03. The largest absolute Gasteiger partial charge is 0.359 e. The zero-order valence-electron chi connectivity index (χ0n) is 15.2. The third kappa shape index (κ3) is 3.49. The zero-order chi connectivity index (χ0) is 19.0. The number of hydrogen-bond donors (Lipinski definition) is 0. The lowest BCUT2D eigenvalue weighted by Gasteiger charge is -2.21. The summed E-state index contributed by atoms with van der Waals surface area (Å²) in [5.74, 6) is 1.38. The van der Waals surface area contributed by atoms with E-state index >= 15 is 0 Å². The highest BCUT2D eigenvalue weighted by Crippen LogP contribution is 2.34. The average Bonchev–Trinajstić information content (AvgIpc) is 3.40. The number of amides is 1. The maximum absolute atomic E-state index is 13.0. The van der Waals surface area contributed by atoms with E-state index in [0.717, 1.165) is 29.9 Å². The van der Waals surface area contributed by atoms with Crippen molar-refractivity contribution in [3.05, 3.63) is 58.6 Å². The quantitative estimate of drug-likeness (QED) is 0.625. The van der Waals surface area contributed by atoms with Crippen molar-refractivity contribution in [2.75, 3.05) is 6.54 Å². The molecule has 4 rings (SSSR count). The van der Waals surface area contributed by atoms with Gasteiger partial charge >= 0.3 is 0 Å². The Bertz CT molecular complexity index is 946. The van der Waals surface area contributed by atoms with Crippen molar-refractivity contribution in [3.8, 4) is 11.3 Å². The van der Waals surface area contributed by atoms with Gasteiger partial charge in [-0.2, -0.15) is 0 Å². The van der Waals surface area contributed by atoms with Crippen LogP contribution in [0.25, 0.3) is 11.3 Å². The van der Waals surface area contributed by atoms with E-state index in [1.54, 1.807) is 23.1 Å². The van der Waals surface area contributed by atoms with Crippen molar-refractivity contribution in [1.82, 2.24) is 15.2 Å². The van der Waals surface area contributed by atoms with Crippen molar-refractivity contribution < 1.29 is 13.8 Å². The van der Waals surface area contributed by atoms with E-state index in [1.807, 2.05) is 18.2 Å². The van der Waals surface area contributed by atoms with Crippen molar-refractivity contribution in [1.29, 1.82) is 0 Å². The first kappa shape index (κ1) is 17.8. The van der Waals surface area contributed by atoms with Gasteiger partial charge in [-0.05, 0) is 43.0 Å². The second-order valence-corrected chi connectivity index (χ2v) is 7.49. The highest BCUT2D eigenvalue weighted by Gasteiger charge is 2.34. The number of nitrogens with zero attached hydrogens (tertiary/aromatic N) is 3. The molecule has 7 heteroatoms. The molecule has 0 saturated carbocycles. The summed E-state index contributed by atoms with van der Waals surface area (Å²) in [6.45, 7) is 4.78. The Kier molecular flexibility index (Phi) is 4.74. The smallest absolute Gasteiger partial charge is 0.276 e. The molecule has 0 spiro atoms. The van der Waals surface area contributed by atoms with Gasteiger partial charge in [0.15, 0.2) is 17.2 Å². The van der Waals surface area contributed by atoms with Crippen LogP contribution in [0.3, 0.4) is 0 Å². The lowest BCUT2D eigenvalue weighted by Crippen LogP contribution is -2.30. The van der Waals surface area contributed by atoms with Crippen molar-refractivity contribution >= 4 is 17.5 Å². The van der Waals surface area contributed by atoms with E-state index in [2.05, 4.69) is 24.2 Å². The van der Waals surface area contributed by atoms with Crippen LogP contribution in [0.2, 0.25) is 5.02 Å². The molecule has 1 saturated heterocycles. The van der Waals surface area contributed by atoms with Crippen molar-refractivity contribution in [2.45, 2.75) is 38.6 Å². The van der Waals surface area contributed by atoms with E-state index < -0.39 is 0 Å². The molecule has 3 heterocycles. The monoisotopic (exact) mass is 385 g/mol. The molecule has 140 valence electrons. The van der Waals surface area contributed by atoms with Crippen LogP contribution in [-0.2, 0) is 0 Å². The molecule has 1 fully saturated rings. The third-order valence-corrected chi connectivity index (χ3v) is 5.09. The van der Waals surface area contributed by atoms with Crippen LogP contribution in [0.4, 0.5) is 0 Å². The van der Waals surface area contributed by atoms with Crippen LogP contribution in [0.15, 0.2) is 45.4 Å². The lowest BCUT2D eigenvalue weighted by molar-refractivity contribution is 0.0704. The van der Waals surface area contributed by atoms with Crippen LogP contribution >= 0.6 is 11.6 Å². The number of likely N-dealkylation sites (tertiary alicyclic amines) is 1. The molecule has 0 N–H and O–H groups in total. The Morgan fingerprint density at radius 1 is 1.19 bits per heavy atom. The minimum absolute atomic E-state index is 0.117. The van der Waals surface area contributed by atoms with Crippen molar-refractivity contribution in [3.63, 3.8) is 0 Å². The standard InChI is InChI=1S/C20H20ClN3O3/c1-12(2)15-10-19(27-22-15)17-4-3-9-24(17)20(25)16-11-18(26-23-16)13-5-7-14(21)8-6-13/h5-8,10-12,17H,3-4,9H2,1-2H3. The summed E-state index contributed by atoms with van der Waals surface area (Å²) in [5, 5.41) is 8.74. The second-order valence-electron chi connectivity index (χ2n) is 7.05. The van der Waals surface area contributed by atoms with Gasteiger partial charge in [0.05, 0.1) is 11.7 Å². The lowest BCUT2D eigenvalue weighted by atomic mass is 10.1. The Labute approximate surface area is 162 Å². The Hall–Kier alpha value is -2.60. The molecule has 1 unspecified atom stereocenters. The van der Waals surface area contributed by atoms with Crippen LogP contribution < -0.4 is 0 Å². The van der Waals surface area contributed by atoms with Gasteiger partial charge in [0.25, 0.3) is 5.91 Å². The zero-order valence-corrected chi connectivity index (χ0v) is 15.9. The van der Waals surface area contributed by atoms with E-state index in [0.29, 0.717) is 17.3 Å². The fourth-order valence-electron chi connectivity index (χ4n) is 3.31. The molecule has 1 amide bonds. The molecule has 3 aromatic rings. The number of hydrogen-bond acceptors (Lipinski definition) is 5. The Morgan fingerprint density at radius 2 is 1.96 bits per heavy atom. The van der Waals surface area contributed by atoms with Crippen LogP contribution in [-0.4, -0.2) is 27.7 Å². The topological polar surface area (TPSA) is 72.4 Å². The summed E-state index contributed by atoms with van der Waals surface area (Å²) in [6, 6.07) is 10.7. The molecule has 0 aliphatic carbocycles. The summed E-state index contributed by atoms with van der Waals surface area (Å²) < 4.78 is 10.9. The molecule has 27 heavy (non-hydrogen) atoms. The SMILES string of the molecule is CC(C)c1cc(C2CCCN2C(=O)c2cc(-c3ccc(Cl)cc3)on2)on1. The molecule has 1 atom stereocenters. The van der Waals surface area contributed by atoms with Gasteiger partial charge in [0, 0.05) is 29.3 Å². The predicted octanol–water partition coefficient (Wildman–Crippen LogP) is 5.08. The molecule has 0 bridgehead atoms. The van der Waals surface area contributed by atoms with Gasteiger partial charge in [0.2, 0.25) is 0 Å².